The highest BCUT2D eigenvalue weighted by Gasteiger charge is 2.19. The minimum Gasteiger partial charge on any atom is -0.353 e. The van der Waals surface area contributed by atoms with Crippen LogP contribution in [0.1, 0.15) is 0 Å². The van der Waals surface area contributed by atoms with E-state index in [4.69, 9.17) is 0 Å². The van der Waals surface area contributed by atoms with Crippen LogP contribution in [0.3, 0.4) is 0 Å². The van der Waals surface area contributed by atoms with Gasteiger partial charge in [0, 0.05) is 35.5 Å². The normalized spacial score (nSPS) is 12.6. The lowest BCUT2D eigenvalue weighted by Crippen LogP contribution is -2.01. The smallest absolute Gasteiger partial charge is 0.0606 e. The summed E-state index contributed by atoms with van der Waals surface area (Å²) in [4.78, 5) is 2.56. The molecular weight excluding hydrogens is 366 g/mol. The van der Waals surface area contributed by atoms with Gasteiger partial charge in [0.2, 0.25) is 0 Å². The van der Waals surface area contributed by atoms with Gasteiger partial charge in [0.15, 0.2) is 0 Å². The van der Waals surface area contributed by atoms with Crippen molar-refractivity contribution in [2.75, 3.05) is 5.32 Å². The number of thiophene rings is 1. The van der Waals surface area contributed by atoms with Gasteiger partial charge in [0.25, 0.3) is 0 Å². The minimum absolute atomic E-state index is 1.18. The van der Waals surface area contributed by atoms with Gasteiger partial charge in [0.1, 0.15) is 0 Å². The fraction of sp³-hybridized carbons (Fsp3) is 0. The zero-order valence-corrected chi connectivity index (χ0v) is 16.0. The molecule has 4 aromatic carbocycles. The second kappa shape index (κ2) is 5.88. The summed E-state index contributed by atoms with van der Waals surface area (Å²) in [5, 5.41) is 6.35. The quantitative estimate of drug-likeness (QED) is 0.310. The Bertz CT molecular complexity index is 1330. The zero-order chi connectivity index (χ0) is 17.8. The number of rotatable bonds is 1. The Hall–Kier alpha value is -2.75. The first-order valence-electron chi connectivity index (χ1n) is 8.95. The van der Waals surface area contributed by atoms with Crippen molar-refractivity contribution in [2.45, 2.75) is 9.79 Å². The maximum atomic E-state index is 3.67. The molecule has 3 heteroatoms. The van der Waals surface area contributed by atoms with Gasteiger partial charge >= 0.3 is 0 Å². The summed E-state index contributed by atoms with van der Waals surface area (Å²) in [6.07, 6.45) is 0. The second-order valence-electron chi connectivity index (χ2n) is 6.71. The molecule has 5 aromatic rings. The van der Waals surface area contributed by atoms with Crippen LogP contribution >= 0.6 is 23.1 Å². The van der Waals surface area contributed by atoms with E-state index in [-0.39, 0.29) is 0 Å². The molecule has 0 bridgehead atoms. The molecule has 1 aliphatic heterocycles. The molecule has 27 heavy (non-hydrogen) atoms. The number of benzene rings is 4. The van der Waals surface area contributed by atoms with Gasteiger partial charge in [-0.05, 0) is 42.0 Å². The van der Waals surface area contributed by atoms with Gasteiger partial charge in [-0.25, -0.2) is 0 Å². The molecular formula is C24H15NS2. The summed E-state index contributed by atoms with van der Waals surface area (Å²) < 4.78 is 2.69. The molecule has 1 N–H and O–H groups in total. The van der Waals surface area contributed by atoms with Crippen molar-refractivity contribution in [3.8, 4) is 11.1 Å². The van der Waals surface area contributed by atoms with E-state index in [0.29, 0.717) is 0 Å². The van der Waals surface area contributed by atoms with Crippen LogP contribution in [0.5, 0.6) is 0 Å². The first-order chi connectivity index (χ1) is 13.4. The molecule has 0 saturated carbocycles. The first-order valence-corrected chi connectivity index (χ1v) is 10.6. The lowest BCUT2D eigenvalue weighted by Gasteiger charge is -2.23. The zero-order valence-electron chi connectivity index (χ0n) is 14.4. The molecule has 0 radical (unpaired) electrons. The van der Waals surface area contributed by atoms with E-state index in [1.807, 2.05) is 23.1 Å². The fourth-order valence-corrected chi connectivity index (χ4v) is 5.90. The van der Waals surface area contributed by atoms with Gasteiger partial charge in [-0.15, -0.1) is 11.3 Å². The molecule has 1 aliphatic rings. The largest absolute Gasteiger partial charge is 0.353 e. The monoisotopic (exact) mass is 381 g/mol. The van der Waals surface area contributed by atoms with E-state index in [0.717, 1.165) is 0 Å². The molecule has 2 heterocycles. The molecule has 0 spiro atoms. The molecule has 1 aromatic heterocycles. The summed E-state index contributed by atoms with van der Waals surface area (Å²) in [6.45, 7) is 0. The molecule has 0 amide bonds. The van der Waals surface area contributed by atoms with Gasteiger partial charge < -0.3 is 5.32 Å². The summed E-state index contributed by atoms with van der Waals surface area (Å²) in [6, 6.07) is 30.6. The van der Waals surface area contributed by atoms with E-state index in [1.165, 1.54) is 52.5 Å². The van der Waals surface area contributed by atoms with Crippen LogP contribution in [0, 0.1) is 0 Å². The van der Waals surface area contributed by atoms with Gasteiger partial charge in [0.05, 0.1) is 11.4 Å². The number of fused-ring (bicyclic) bond motifs is 5. The average molecular weight is 382 g/mol. The van der Waals surface area contributed by atoms with Crippen molar-refractivity contribution in [1.82, 2.24) is 0 Å². The van der Waals surface area contributed by atoms with E-state index in [1.54, 1.807) is 0 Å². The average Bonchev–Trinajstić information content (AvgIpc) is 3.09. The van der Waals surface area contributed by atoms with Crippen LogP contribution in [0.15, 0.2) is 94.7 Å². The molecule has 128 valence electrons. The van der Waals surface area contributed by atoms with Gasteiger partial charge in [-0.1, -0.05) is 60.3 Å². The molecule has 0 atom stereocenters. The first kappa shape index (κ1) is 15.3. The lowest BCUT2D eigenvalue weighted by molar-refractivity contribution is 1.32. The van der Waals surface area contributed by atoms with Gasteiger partial charge in [-0.3, -0.25) is 0 Å². The Balaban J connectivity index is 1.55. The van der Waals surface area contributed by atoms with Crippen molar-refractivity contribution in [3.05, 3.63) is 84.9 Å². The molecule has 1 nitrogen and oxygen atoms in total. The van der Waals surface area contributed by atoms with Gasteiger partial charge in [-0.2, -0.15) is 0 Å². The predicted molar refractivity (Wildman–Crippen MR) is 119 cm³/mol. The van der Waals surface area contributed by atoms with Crippen molar-refractivity contribution in [3.63, 3.8) is 0 Å². The van der Waals surface area contributed by atoms with Crippen molar-refractivity contribution in [1.29, 1.82) is 0 Å². The van der Waals surface area contributed by atoms with E-state index in [2.05, 4.69) is 90.2 Å². The van der Waals surface area contributed by atoms with Crippen LogP contribution < -0.4 is 5.32 Å². The highest BCUT2D eigenvalue weighted by molar-refractivity contribution is 7.99. The lowest BCUT2D eigenvalue weighted by atomic mass is 10.0. The highest BCUT2D eigenvalue weighted by Crippen LogP contribution is 2.48. The predicted octanol–water partition coefficient (Wildman–Crippen LogP) is 7.93. The molecule has 0 saturated heterocycles. The molecule has 0 aliphatic carbocycles. The van der Waals surface area contributed by atoms with Crippen molar-refractivity contribution < 1.29 is 0 Å². The maximum absolute atomic E-state index is 3.67. The maximum Gasteiger partial charge on any atom is 0.0606 e. The number of nitrogens with one attached hydrogen (secondary N) is 1. The standard InChI is InChI=1S/C24H15NS2/c1-3-9-20-17(6-1)18-14-15(12-13-21(18)26-20)16-7-5-11-23-24(16)25-19-8-2-4-10-22(19)27-23/h1-14,25H. The summed E-state index contributed by atoms with van der Waals surface area (Å²) in [7, 11) is 0. The summed E-state index contributed by atoms with van der Waals surface area (Å²) in [5.41, 5.74) is 4.91. The number of anilines is 2. The van der Waals surface area contributed by atoms with Crippen LogP contribution in [0.4, 0.5) is 11.4 Å². The van der Waals surface area contributed by atoms with Crippen molar-refractivity contribution >= 4 is 54.6 Å². The topological polar surface area (TPSA) is 12.0 Å². The third-order valence-corrected chi connectivity index (χ3v) is 7.37. The van der Waals surface area contributed by atoms with Crippen LogP contribution in [-0.4, -0.2) is 0 Å². The Kier molecular flexibility index (Phi) is 3.34. The van der Waals surface area contributed by atoms with E-state index < -0.39 is 0 Å². The Labute approximate surface area is 165 Å². The van der Waals surface area contributed by atoms with E-state index >= 15 is 0 Å². The van der Waals surface area contributed by atoms with Crippen LogP contribution in [0.25, 0.3) is 31.3 Å². The Morgan fingerprint density at radius 3 is 2.44 bits per heavy atom. The highest BCUT2D eigenvalue weighted by atomic mass is 32.2. The van der Waals surface area contributed by atoms with Crippen LogP contribution in [0.2, 0.25) is 0 Å². The van der Waals surface area contributed by atoms with E-state index in [9.17, 15) is 0 Å². The third-order valence-electron chi connectivity index (χ3n) is 5.08. The van der Waals surface area contributed by atoms with Crippen molar-refractivity contribution in [2.24, 2.45) is 0 Å². The SMILES string of the molecule is c1ccc2c(c1)Nc1c(cccc1-c1ccc3sc4ccccc4c3c1)S2. The second-order valence-corrected chi connectivity index (χ2v) is 8.88. The van der Waals surface area contributed by atoms with Crippen LogP contribution in [-0.2, 0) is 0 Å². The minimum atomic E-state index is 1.18. The summed E-state index contributed by atoms with van der Waals surface area (Å²) in [5.74, 6) is 0. The summed E-state index contributed by atoms with van der Waals surface area (Å²) >= 11 is 3.70. The number of hydrogen-bond acceptors (Lipinski definition) is 3. The molecule has 0 fully saturated rings. The number of hydrogen-bond donors (Lipinski definition) is 1. The molecule has 6 rings (SSSR count). The number of para-hydroxylation sites is 2. The molecule has 0 unspecified atom stereocenters. The fourth-order valence-electron chi connectivity index (χ4n) is 3.79. The Morgan fingerprint density at radius 2 is 1.44 bits per heavy atom. The third kappa shape index (κ3) is 2.39. The Morgan fingerprint density at radius 1 is 0.630 bits per heavy atom.